The molecule has 2 aliphatic carbocycles. The Morgan fingerprint density at radius 3 is 1.74 bits per heavy atom. The third-order valence-corrected chi connectivity index (χ3v) is 10.7. The third-order valence-electron chi connectivity index (χ3n) is 10.7. The van der Waals surface area contributed by atoms with Gasteiger partial charge in [0, 0.05) is 27.5 Å². The predicted octanol–water partition coefficient (Wildman–Crippen LogP) is 10.7. The lowest BCUT2D eigenvalue weighted by atomic mass is 9.52. The molecule has 5 aromatic rings. The van der Waals surface area contributed by atoms with Gasteiger partial charge in [-0.05, 0) is 88.1 Å². The molecule has 1 heterocycles. The van der Waals surface area contributed by atoms with Crippen LogP contribution >= 0.6 is 0 Å². The van der Waals surface area contributed by atoms with Gasteiger partial charge in [-0.1, -0.05) is 107 Å². The van der Waals surface area contributed by atoms with E-state index in [0.29, 0.717) is 0 Å². The van der Waals surface area contributed by atoms with Crippen LogP contribution in [-0.4, -0.2) is 14.2 Å². The van der Waals surface area contributed by atoms with Crippen LogP contribution < -0.4 is 14.2 Å². The average molecular weight is 607 g/mol. The second kappa shape index (κ2) is 10.00. The number of hydrogen-bond donors (Lipinski definition) is 0. The van der Waals surface area contributed by atoms with Crippen molar-refractivity contribution in [2.75, 3.05) is 14.2 Å². The van der Waals surface area contributed by atoms with Crippen LogP contribution in [0.4, 0.5) is 0 Å². The van der Waals surface area contributed by atoms with Crippen LogP contribution in [0, 0.1) is 10.8 Å². The summed E-state index contributed by atoms with van der Waals surface area (Å²) in [4.78, 5) is 0. The van der Waals surface area contributed by atoms with E-state index in [1.165, 1.54) is 39.6 Å². The topological polar surface area (TPSA) is 27.7 Å². The van der Waals surface area contributed by atoms with Crippen molar-refractivity contribution in [1.82, 2.24) is 0 Å². The first kappa shape index (κ1) is 28.9. The van der Waals surface area contributed by atoms with Crippen molar-refractivity contribution in [3.63, 3.8) is 0 Å². The Bertz CT molecular complexity index is 1950. The summed E-state index contributed by atoms with van der Waals surface area (Å²) in [6.07, 6.45) is 8.08. The van der Waals surface area contributed by atoms with Gasteiger partial charge in [-0.2, -0.15) is 0 Å². The van der Waals surface area contributed by atoms with Crippen molar-refractivity contribution in [3.05, 3.63) is 131 Å². The lowest BCUT2D eigenvalue weighted by Crippen LogP contribution is -2.44. The minimum Gasteiger partial charge on any atom is -0.497 e. The smallest absolute Gasteiger partial charge is 0.178 e. The van der Waals surface area contributed by atoms with E-state index in [2.05, 4.69) is 113 Å². The summed E-state index contributed by atoms with van der Waals surface area (Å²) in [5.74, 6) is 2.59. The van der Waals surface area contributed by atoms with E-state index in [9.17, 15) is 0 Å². The molecule has 3 heteroatoms. The molecule has 232 valence electrons. The van der Waals surface area contributed by atoms with E-state index in [-0.39, 0.29) is 16.2 Å². The molecule has 0 bridgehead atoms. The zero-order chi connectivity index (χ0) is 31.9. The second-order valence-electron chi connectivity index (χ2n) is 15.2. The molecule has 5 aromatic carbocycles. The molecule has 0 unspecified atom stereocenters. The number of rotatable bonds is 4. The van der Waals surface area contributed by atoms with Crippen LogP contribution in [0.15, 0.2) is 103 Å². The maximum Gasteiger partial charge on any atom is 0.178 e. The summed E-state index contributed by atoms with van der Waals surface area (Å²) in [6.45, 7) is 9.87. The van der Waals surface area contributed by atoms with Gasteiger partial charge in [-0.15, -0.1) is 0 Å². The highest BCUT2D eigenvalue weighted by Crippen LogP contribution is 2.66. The lowest BCUT2D eigenvalue weighted by Gasteiger charge is -2.52. The minimum atomic E-state index is -0.841. The zero-order valence-corrected chi connectivity index (χ0v) is 27.7. The van der Waals surface area contributed by atoms with Gasteiger partial charge in [-0.3, -0.25) is 0 Å². The number of methoxy groups -OCH3 is 2. The molecule has 3 nitrogen and oxygen atoms in total. The van der Waals surface area contributed by atoms with Crippen molar-refractivity contribution < 1.29 is 14.2 Å². The maximum atomic E-state index is 7.55. The summed E-state index contributed by atoms with van der Waals surface area (Å²) in [5.41, 5.74) is 8.40. The molecule has 0 saturated heterocycles. The molecule has 0 N–H and O–H groups in total. The van der Waals surface area contributed by atoms with E-state index >= 15 is 0 Å². The summed E-state index contributed by atoms with van der Waals surface area (Å²) >= 11 is 0. The van der Waals surface area contributed by atoms with Crippen LogP contribution in [-0.2, 0) is 11.0 Å². The first-order valence-corrected chi connectivity index (χ1v) is 16.5. The van der Waals surface area contributed by atoms with Gasteiger partial charge in [0.1, 0.15) is 17.2 Å². The van der Waals surface area contributed by atoms with Crippen molar-refractivity contribution in [2.24, 2.45) is 10.8 Å². The fraction of sp³-hybridized carbons (Fsp3) is 0.302. The maximum absolute atomic E-state index is 7.55. The largest absolute Gasteiger partial charge is 0.497 e. The standard InChI is InChI=1S/C43H42O3/c1-40(2)25-41(3,4)27-42(26-40)36-14-10-9-13-34(36)37-32-11-7-8-12-33(32)39-35(38(37)42)23-24-43(46-39,28-15-19-30(44-5)20-16-28)29-17-21-31(45-6)22-18-29/h7-24H,25-27H2,1-6H3. The SMILES string of the molecule is COc1ccc(C2(c3ccc(OC)cc3)C=Cc3c4c(c5ccccc5c3O2)-c2ccccc2C42CC(C)(C)CC(C)(C)C2)cc1. The van der Waals surface area contributed by atoms with Gasteiger partial charge >= 0.3 is 0 Å². The van der Waals surface area contributed by atoms with E-state index in [4.69, 9.17) is 14.2 Å². The highest BCUT2D eigenvalue weighted by molar-refractivity contribution is 6.08. The summed E-state index contributed by atoms with van der Waals surface area (Å²) in [5, 5.41) is 2.41. The van der Waals surface area contributed by atoms with E-state index in [1.54, 1.807) is 14.2 Å². The minimum absolute atomic E-state index is 0.112. The fourth-order valence-electron chi connectivity index (χ4n) is 9.76. The van der Waals surface area contributed by atoms with Crippen LogP contribution in [0.25, 0.3) is 28.0 Å². The first-order chi connectivity index (χ1) is 22.1. The van der Waals surface area contributed by atoms with Gasteiger partial charge in [0.15, 0.2) is 5.60 Å². The number of ether oxygens (including phenoxy) is 3. The molecule has 1 spiro atoms. The average Bonchev–Trinajstić information content (AvgIpc) is 3.32. The van der Waals surface area contributed by atoms with E-state index in [1.807, 2.05) is 24.3 Å². The van der Waals surface area contributed by atoms with Gasteiger partial charge in [0.25, 0.3) is 0 Å². The second-order valence-corrected chi connectivity index (χ2v) is 15.2. The summed E-state index contributed by atoms with van der Waals surface area (Å²) in [7, 11) is 3.41. The third kappa shape index (κ3) is 4.17. The predicted molar refractivity (Wildman–Crippen MR) is 188 cm³/mol. The monoisotopic (exact) mass is 606 g/mol. The quantitative estimate of drug-likeness (QED) is 0.204. The van der Waals surface area contributed by atoms with Crippen molar-refractivity contribution >= 4 is 16.8 Å². The van der Waals surface area contributed by atoms with Crippen LogP contribution in [0.3, 0.4) is 0 Å². The number of hydrogen-bond acceptors (Lipinski definition) is 3. The molecule has 0 amide bonds. The van der Waals surface area contributed by atoms with Crippen molar-refractivity contribution in [2.45, 2.75) is 58.0 Å². The number of fused-ring (bicyclic) bond motifs is 10. The van der Waals surface area contributed by atoms with E-state index in [0.717, 1.165) is 46.6 Å². The molecular formula is C43H42O3. The Labute approximate surface area is 272 Å². The zero-order valence-electron chi connectivity index (χ0n) is 27.7. The molecule has 8 rings (SSSR count). The Morgan fingerprint density at radius 1 is 0.609 bits per heavy atom. The molecule has 1 saturated carbocycles. The molecular weight excluding hydrogens is 564 g/mol. The summed E-state index contributed by atoms with van der Waals surface area (Å²) in [6, 6.07) is 34.6. The Balaban J connectivity index is 1.44. The van der Waals surface area contributed by atoms with Gasteiger partial charge in [0.05, 0.1) is 14.2 Å². The van der Waals surface area contributed by atoms with Crippen molar-refractivity contribution in [1.29, 1.82) is 0 Å². The normalized spacial score (nSPS) is 19.2. The molecule has 0 radical (unpaired) electrons. The van der Waals surface area contributed by atoms with Crippen LogP contribution in [0.5, 0.6) is 17.2 Å². The van der Waals surface area contributed by atoms with Crippen LogP contribution in [0.1, 0.15) is 74.8 Å². The molecule has 0 aromatic heterocycles. The number of benzene rings is 5. The van der Waals surface area contributed by atoms with Crippen LogP contribution in [0.2, 0.25) is 0 Å². The first-order valence-electron chi connectivity index (χ1n) is 16.5. The fourth-order valence-corrected chi connectivity index (χ4v) is 9.76. The molecule has 1 aliphatic heterocycles. The molecule has 0 atom stereocenters. The molecule has 1 fully saturated rings. The van der Waals surface area contributed by atoms with Gasteiger partial charge in [0.2, 0.25) is 0 Å². The van der Waals surface area contributed by atoms with Gasteiger partial charge < -0.3 is 14.2 Å². The molecule has 3 aliphatic rings. The Kier molecular flexibility index (Phi) is 6.29. The lowest BCUT2D eigenvalue weighted by molar-refractivity contribution is 0.0642. The Hall–Kier alpha value is -4.50. The molecule has 46 heavy (non-hydrogen) atoms. The summed E-state index contributed by atoms with van der Waals surface area (Å²) < 4.78 is 18.6. The highest BCUT2D eigenvalue weighted by atomic mass is 16.5. The van der Waals surface area contributed by atoms with E-state index < -0.39 is 5.60 Å². The highest BCUT2D eigenvalue weighted by Gasteiger charge is 2.55. The van der Waals surface area contributed by atoms with Gasteiger partial charge in [-0.25, -0.2) is 0 Å². The van der Waals surface area contributed by atoms with Crippen molar-refractivity contribution in [3.8, 4) is 28.4 Å². The Morgan fingerprint density at radius 2 is 1.15 bits per heavy atom.